The zero-order chi connectivity index (χ0) is 16.1. The van der Waals surface area contributed by atoms with E-state index in [1.807, 2.05) is 24.3 Å². The van der Waals surface area contributed by atoms with Crippen LogP contribution in [-0.4, -0.2) is 13.2 Å². The lowest BCUT2D eigenvalue weighted by molar-refractivity contribution is 0.347. The molecule has 0 aliphatic carbocycles. The van der Waals surface area contributed by atoms with Gasteiger partial charge in [-0.25, -0.2) is 4.39 Å². The van der Waals surface area contributed by atoms with Gasteiger partial charge in [0.25, 0.3) is 0 Å². The number of nitrogens with two attached hydrogens (primary N) is 1. The largest absolute Gasteiger partial charge is 0.489 e. The highest BCUT2D eigenvalue weighted by Gasteiger charge is 2.19. The molecule has 5 heteroatoms. The van der Waals surface area contributed by atoms with Crippen molar-refractivity contribution in [1.29, 1.82) is 0 Å². The Balaban J connectivity index is 0.00000208. The molecule has 3 N–H and O–H groups in total. The monoisotopic (exact) mass is 348 g/mol. The van der Waals surface area contributed by atoms with E-state index < -0.39 is 0 Å². The molecule has 0 aromatic heterocycles. The van der Waals surface area contributed by atoms with Crippen LogP contribution in [0, 0.1) is 0 Å². The second kappa shape index (κ2) is 8.71. The first-order valence-corrected chi connectivity index (χ1v) is 7.85. The Morgan fingerprint density at radius 2 is 2.04 bits per heavy atom. The number of benzene rings is 2. The molecule has 0 saturated carbocycles. The summed E-state index contributed by atoms with van der Waals surface area (Å²) in [5.74, 6) is 0.747. The van der Waals surface area contributed by atoms with Gasteiger partial charge in [0.05, 0.1) is 12.4 Å². The molecule has 0 radical (unpaired) electrons. The van der Waals surface area contributed by atoms with Crippen molar-refractivity contribution < 1.29 is 9.13 Å². The summed E-state index contributed by atoms with van der Waals surface area (Å²) in [5, 5.41) is 3.58. The van der Waals surface area contributed by atoms with E-state index >= 15 is 0 Å². The Bertz CT molecular complexity index is 691. The van der Waals surface area contributed by atoms with Crippen LogP contribution in [0.1, 0.15) is 23.6 Å². The Hall–Kier alpha value is -2.04. The topological polar surface area (TPSA) is 47.3 Å². The van der Waals surface area contributed by atoms with Crippen LogP contribution in [0.15, 0.2) is 60.4 Å². The molecular weight excluding hydrogens is 327 g/mol. The second-order valence-corrected chi connectivity index (χ2v) is 5.73. The standard InChI is InChI=1S/C19H21FN2O.ClH/c20-11-14(12-21)13-23-17-7-9-19-16(10-17)6-8-18(22-19)15-4-2-1-3-5-15;/h1-5,7,9-11,18,22H,6,8,12-13,21H2;1H/b14-11+;. The number of nitrogens with one attached hydrogen (secondary N) is 1. The lowest BCUT2D eigenvalue weighted by Gasteiger charge is -2.28. The summed E-state index contributed by atoms with van der Waals surface area (Å²) < 4.78 is 18.1. The molecule has 0 amide bonds. The fourth-order valence-electron chi connectivity index (χ4n) is 2.81. The molecule has 3 rings (SSSR count). The van der Waals surface area contributed by atoms with Gasteiger partial charge in [-0.05, 0) is 42.2 Å². The third kappa shape index (κ3) is 4.28. The summed E-state index contributed by atoms with van der Waals surface area (Å²) in [5.41, 5.74) is 9.55. The molecule has 2 aromatic carbocycles. The number of rotatable bonds is 5. The van der Waals surface area contributed by atoms with E-state index in [9.17, 15) is 4.39 Å². The molecule has 128 valence electrons. The maximum absolute atomic E-state index is 12.5. The van der Waals surface area contributed by atoms with E-state index in [0.717, 1.165) is 24.3 Å². The number of hydrogen-bond acceptors (Lipinski definition) is 3. The molecule has 1 aliphatic heterocycles. The SMILES string of the molecule is Cl.NC/C(=C\F)COc1ccc2c(c1)CCC(c1ccccc1)N2. The van der Waals surface area contributed by atoms with Gasteiger partial charge in [-0.1, -0.05) is 30.3 Å². The first kappa shape index (κ1) is 18.3. The van der Waals surface area contributed by atoms with Crippen molar-refractivity contribution in [2.45, 2.75) is 18.9 Å². The van der Waals surface area contributed by atoms with Crippen molar-refractivity contribution in [1.82, 2.24) is 0 Å². The minimum Gasteiger partial charge on any atom is -0.489 e. The van der Waals surface area contributed by atoms with E-state index in [4.69, 9.17) is 10.5 Å². The molecule has 0 fully saturated rings. The number of anilines is 1. The van der Waals surface area contributed by atoms with Crippen molar-refractivity contribution in [2.75, 3.05) is 18.5 Å². The van der Waals surface area contributed by atoms with Gasteiger partial charge in [0, 0.05) is 17.8 Å². The van der Waals surface area contributed by atoms with Crippen LogP contribution in [0.4, 0.5) is 10.1 Å². The second-order valence-electron chi connectivity index (χ2n) is 5.73. The lowest BCUT2D eigenvalue weighted by atomic mass is 9.93. The van der Waals surface area contributed by atoms with Gasteiger partial charge >= 0.3 is 0 Å². The zero-order valence-corrected chi connectivity index (χ0v) is 14.2. The fraction of sp³-hybridized carbons (Fsp3) is 0.263. The van der Waals surface area contributed by atoms with Gasteiger partial charge in [0.1, 0.15) is 12.4 Å². The van der Waals surface area contributed by atoms with Crippen LogP contribution in [0.25, 0.3) is 0 Å². The molecule has 1 heterocycles. The minimum atomic E-state index is 0. The maximum Gasteiger partial charge on any atom is 0.120 e. The molecule has 1 atom stereocenters. The minimum absolute atomic E-state index is 0. The van der Waals surface area contributed by atoms with Crippen molar-refractivity contribution in [2.24, 2.45) is 5.73 Å². The van der Waals surface area contributed by atoms with E-state index in [2.05, 4.69) is 29.6 Å². The Kier molecular flexibility index (Phi) is 6.64. The molecule has 2 aromatic rings. The van der Waals surface area contributed by atoms with Crippen molar-refractivity contribution >= 4 is 18.1 Å². The molecular formula is C19H22ClFN2O. The normalized spacial score (nSPS) is 16.6. The van der Waals surface area contributed by atoms with Gasteiger partial charge < -0.3 is 15.8 Å². The highest BCUT2D eigenvalue weighted by Crippen LogP contribution is 2.34. The van der Waals surface area contributed by atoms with Gasteiger partial charge in [0.2, 0.25) is 0 Å². The molecule has 1 aliphatic rings. The summed E-state index contributed by atoms with van der Waals surface area (Å²) in [6.07, 6.45) is 2.55. The van der Waals surface area contributed by atoms with Crippen LogP contribution >= 0.6 is 12.4 Å². The molecule has 24 heavy (non-hydrogen) atoms. The summed E-state index contributed by atoms with van der Waals surface area (Å²) in [7, 11) is 0. The Morgan fingerprint density at radius 3 is 2.75 bits per heavy atom. The predicted octanol–water partition coefficient (Wildman–Crippen LogP) is 4.40. The average Bonchev–Trinajstić information content (AvgIpc) is 2.63. The molecule has 0 spiro atoms. The van der Waals surface area contributed by atoms with E-state index in [1.165, 1.54) is 11.1 Å². The van der Waals surface area contributed by atoms with Crippen LogP contribution in [0.2, 0.25) is 0 Å². The Labute approximate surface area is 148 Å². The number of halogens is 2. The molecule has 0 saturated heterocycles. The highest BCUT2D eigenvalue weighted by molar-refractivity contribution is 5.85. The van der Waals surface area contributed by atoms with Gasteiger partial charge in [-0.3, -0.25) is 0 Å². The van der Waals surface area contributed by atoms with Crippen molar-refractivity contribution in [3.8, 4) is 5.75 Å². The van der Waals surface area contributed by atoms with Crippen molar-refractivity contribution in [3.63, 3.8) is 0 Å². The van der Waals surface area contributed by atoms with Crippen LogP contribution in [0.3, 0.4) is 0 Å². The van der Waals surface area contributed by atoms with Crippen LogP contribution in [-0.2, 0) is 6.42 Å². The van der Waals surface area contributed by atoms with Gasteiger partial charge in [0.15, 0.2) is 0 Å². The summed E-state index contributed by atoms with van der Waals surface area (Å²) in [6, 6.07) is 16.8. The third-order valence-corrected chi connectivity index (χ3v) is 4.15. The molecule has 0 bridgehead atoms. The van der Waals surface area contributed by atoms with E-state index in [0.29, 0.717) is 17.9 Å². The van der Waals surface area contributed by atoms with E-state index in [1.54, 1.807) is 0 Å². The quantitative estimate of drug-likeness (QED) is 0.842. The van der Waals surface area contributed by atoms with Crippen LogP contribution < -0.4 is 15.8 Å². The highest BCUT2D eigenvalue weighted by atomic mass is 35.5. The first-order chi connectivity index (χ1) is 11.3. The number of hydrogen-bond donors (Lipinski definition) is 2. The van der Waals surface area contributed by atoms with E-state index in [-0.39, 0.29) is 25.6 Å². The molecule has 1 unspecified atom stereocenters. The lowest BCUT2D eigenvalue weighted by Crippen LogP contribution is -2.18. The van der Waals surface area contributed by atoms with Crippen molar-refractivity contribution in [3.05, 3.63) is 71.6 Å². The molecule has 3 nitrogen and oxygen atoms in total. The summed E-state index contributed by atoms with van der Waals surface area (Å²) in [6.45, 7) is 0.355. The summed E-state index contributed by atoms with van der Waals surface area (Å²) in [4.78, 5) is 0. The predicted molar refractivity (Wildman–Crippen MR) is 98.6 cm³/mol. The fourth-order valence-corrected chi connectivity index (χ4v) is 2.81. The number of fused-ring (bicyclic) bond motifs is 1. The Morgan fingerprint density at radius 1 is 1.25 bits per heavy atom. The summed E-state index contributed by atoms with van der Waals surface area (Å²) >= 11 is 0. The van der Waals surface area contributed by atoms with Gasteiger partial charge in [-0.15, -0.1) is 12.4 Å². The zero-order valence-electron chi connectivity index (χ0n) is 13.4. The van der Waals surface area contributed by atoms with Crippen LogP contribution in [0.5, 0.6) is 5.75 Å². The number of aryl methyl sites for hydroxylation is 1. The average molecular weight is 349 g/mol. The third-order valence-electron chi connectivity index (χ3n) is 4.15. The van der Waals surface area contributed by atoms with Gasteiger partial charge in [-0.2, -0.15) is 0 Å². The first-order valence-electron chi connectivity index (χ1n) is 7.85. The number of ether oxygens (including phenoxy) is 1. The maximum atomic E-state index is 12.5. The smallest absolute Gasteiger partial charge is 0.120 e.